The molecule has 0 spiro atoms. The number of amides is 3. The number of carboxylic acids is 1. The molecule has 28 heavy (non-hydrogen) atoms. The third-order valence-corrected chi connectivity index (χ3v) is 4.54. The lowest BCUT2D eigenvalue weighted by molar-refractivity contribution is -0.158. The van der Waals surface area contributed by atoms with E-state index in [1.807, 2.05) is 56.3 Å². The van der Waals surface area contributed by atoms with Crippen LogP contribution in [-0.2, 0) is 9.59 Å². The molecular weight excluding hydrogens is 360 g/mol. The number of aromatic nitrogens is 1. The standard InChI is InChI=1S/C14H16N2O4.C6H8N2/c1-9(10-6-4-3-5-7-10)15(2)14(20)16-11(13(18)19)8-12(16)17;1-5-2-3-8-6(7)4-5/h3-7,9,11H,8H2,1-2H3,(H,18,19);2-4H,1H3,(H2,7,8). The molecule has 3 rings (SSSR count). The Labute approximate surface area is 163 Å². The number of urea groups is 1. The maximum Gasteiger partial charge on any atom is 0.327 e. The minimum atomic E-state index is -1.15. The van der Waals surface area contributed by atoms with E-state index in [-0.39, 0.29) is 12.5 Å². The summed E-state index contributed by atoms with van der Waals surface area (Å²) >= 11 is 0. The van der Waals surface area contributed by atoms with Crippen LogP contribution in [0, 0.1) is 6.92 Å². The molecule has 1 aliphatic heterocycles. The summed E-state index contributed by atoms with van der Waals surface area (Å²) in [6.45, 7) is 3.81. The topological polar surface area (TPSA) is 117 Å². The number of pyridine rings is 1. The van der Waals surface area contributed by atoms with Crippen LogP contribution in [-0.4, -0.2) is 50.9 Å². The van der Waals surface area contributed by atoms with E-state index in [0.29, 0.717) is 5.82 Å². The van der Waals surface area contributed by atoms with Gasteiger partial charge in [-0.25, -0.2) is 19.5 Å². The van der Waals surface area contributed by atoms with Gasteiger partial charge in [0.2, 0.25) is 5.91 Å². The fourth-order valence-corrected chi connectivity index (χ4v) is 2.70. The number of anilines is 1. The van der Waals surface area contributed by atoms with E-state index >= 15 is 0 Å². The molecular formula is C20H24N4O4. The minimum Gasteiger partial charge on any atom is -0.480 e. The summed E-state index contributed by atoms with van der Waals surface area (Å²) in [5.74, 6) is -1.02. The number of imide groups is 1. The number of aryl methyl sites for hydroxylation is 1. The molecule has 8 nitrogen and oxygen atoms in total. The van der Waals surface area contributed by atoms with E-state index in [1.54, 1.807) is 13.2 Å². The summed E-state index contributed by atoms with van der Waals surface area (Å²) in [6.07, 6.45) is 1.58. The number of nitrogens with zero attached hydrogens (tertiary/aromatic N) is 3. The SMILES string of the molecule is CC(c1ccccc1)N(C)C(=O)N1C(=O)CC1C(=O)O.Cc1ccnc(N)c1. The number of nitrogens with two attached hydrogens (primary N) is 1. The van der Waals surface area contributed by atoms with E-state index in [0.717, 1.165) is 16.0 Å². The Morgan fingerprint density at radius 1 is 1.29 bits per heavy atom. The van der Waals surface area contributed by atoms with E-state index in [4.69, 9.17) is 10.8 Å². The van der Waals surface area contributed by atoms with Gasteiger partial charge in [0.15, 0.2) is 0 Å². The van der Waals surface area contributed by atoms with Crippen molar-refractivity contribution < 1.29 is 19.5 Å². The van der Waals surface area contributed by atoms with Gasteiger partial charge in [-0.15, -0.1) is 0 Å². The van der Waals surface area contributed by atoms with Crippen LogP contribution >= 0.6 is 0 Å². The van der Waals surface area contributed by atoms with Crippen molar-refractivity contribution in [3.63, 3.8) is 0 Å². The molecule has 2 atom stereocenters. The van der Waals surface area contributed by atoms with Crippen LogP contribution in [0.25, 0.3) is 0 Å². The number of rotatable bonds is 3. The molecule has 2 unspecified atom stereocenters. The van der Waals surface area contributed by atoms with E-state index in [1.165, 1.54) is 4.90 Å². The molecule has 2 aromatic rings. The summed E-state index contributed by atoms with van der Waals surface area (Å²) in [4.78, 5) is 40.6. The van der Waals surface area contributed by atoms with Crippen LogP contribution in [0.2, 0.25) is 0 Å². The van der Waals surface area contributed by atoms with Gasteiger partial charge in [-0.1, -0.05) is 30.3 Å². The Balaban J connectivity index is 0.000000292. The van der Waals surface area contributed by atoms with E-state index in [2.05, 4.69) is 4.98 Å². The molecule has 2 heterocycles. The Hall–Kier alpha value is -3.42. The second-order valence-corrected chi connectivity index (χ2v) is 6.56. The Morgan fingerprint density at radius 2 is 1.93 bits per heavy atom. The van der Waals surface area contributed by atoms with Gasteiger partial charge >= 0.3 is 12.0 Å². The third kappa shape index (κ3) is 4.85. The van der Waals surface area contributed by atoms with Gasteiger partial charge in [-0.05, 0) is 37.1 Å². The highest BCUT2D eigenvalue weighted by Gasteiger charge is 2.47. The summed E-state index contributed by atoms with van der Waals surface area (Å²) in [5, 5.41) is 8.94. The molecule has 0 saturated carbocycles. The zero-order valence-corrected chi connectivity index (χ0v) is 16.1. The number of carboxylic acid groups (broad SMARTS) is 1. The lowest BCUT2D eigenvalue weighted by Gasteiger charge is -2.39. The zero-order chi connectivity index (χ0) is 20.8. The van der Waals surface area contributed by atoms with Crippen molar-refractivity contribution in [3.8, 4) is 0 Å². The van der Waals surface area contributed by atoms with Gasteiger partial charge in [0.25, 0.3) is 0 Å². The average Bonchev–Trinajstić information content (AvgIpc) is 2.65. The Bertz CT molecular complexity index is 839. The predicted molar refractivity (Wildman–Crippen MR) is 104 cm³/mol. The van der Waals surface area contributed by atoms with Crippen LogP contribution in [0.4, 0.5) is 10.6 Å². The first-order chi connectivity index (χ1) is 13.2. The normalized spacial score (nSPS) is 16.3. The molecule has 1 aliphatic rings. The third-order valence-electron chi connectivity index (χ3n) is 4.54. The second-order valence-electron chi connectivity index (χ2n) is 6.56. The van der Waals surface area contributed by atoms with Crippen LogP contribution in [0.15, 0.2) is 48.7 Å². The molecule has 1 fully saturated rings. The first-order valence-electron chi connectivity index (χ1n) is 8.77. The number of likely N-dealkylation sites (tertiary alicyclic amines) is 1. The summed E-state index contributed by atoms with van der Waals surface area (Å²) in [7, 11) is 1.56. The fraction of sp³-hybridized carbons (Fsp3) is 0.300. The first kappa shape index (κ1) is 20.9. The number of nitrogen functional groups attached to an aromatic ring is 1. The van der Waals surface area contributed by atoms with Crippen LogP contribution in [0.1, 0.15) is 30.5 Å². The minimum absolute atomic E-state index is 0.116. The van der Waals surface area contributed by atoms with E-state index < -0.39 is 23.9 Å². The van der Waals surface area contributed by atoms with Crippen molar-refractivity contribution in [2.75, 3.05) is 12.8 Å². The molecule has 1 aromatic carbocycles. The molecule has 0 bridgehead atoms. The molecule has 3 amide bonds. The van der Waals surface area contributed by atoms with Gasteiger partial charge in [-0.2, -0.15) is 0 Å². The van der Waals surface area contributed by atoms with E-state index in [9.17, 15) is 14.4 Å². The van der Waals surface area contributed by atoms with Gasteiger partial charge in [0.05, 0.1) is 12.5 Å². The largest absolute Gasteiger partial charge is 0.480 e. The lowest BCUT2D eigenvalue weighted by Crippen LogP contribution is -2.62. The average molecular weight is 384 g/mol. The molecule has 0 aliphatic carbocycles. The van der Waals surface area contributed by atoms with Crippen molar-refractivity contribution >= 4 is 23.7 Å². The number of benzene rings is 1. The smallest absolute Gasteiger partial charge is 0.327 e. The van der Waals surface area contributed by atoms with Crippen molar-refractivity contribution in [1.82, 2.24) is 14.8 Å². The summed E-state index contributed by atoms with van der Waals surface area (Å²) in [6, 6.07) is 11.2. The van der Waals surface area contributed by atoms with Crippen molar-refractivity contribution in [1.29, 1.82) is 0 Å². The van der Waals surface area contributed by atoms with Crippen LogP contribution in [0.5, 0.6) is 0 Å². The van der Waals surface area contributed by atoms with Crippen molar-refractivity contribution in [2.24, 2.45) is 0 Å². The molecule has 8 heteroatoms. The highest BCUT2D eigenvalue weighted by atomic mass is 16.4. The zero-order valence-electron chi connectivity index (χ0n) is 16.1. The highest BCUT2D eigenvalue weighted by molar-refractivity contribution is 6.05. The molecule has 1 aromatic heterocycles. The summed E-state index contributed by atoms with van der Waals surface area (Å²) < 4.78 is 0. The van der Waals surface area contributed by atoms with Gasteiger partial charge in [0.1, 0.15) is 11.9 Å². The maximum absolute atomic E-state index is 12.2. The van der Waals surface area contributed by atoms with Crippen LogP contribution < -0.4 is 5.73 Å². The number of carbonyl (C=O) groups is 3. The number of hydrogen-bond donors (Lipinski definition) is 2. The number of hydrogen-bond acceptors (Lipinski definition) is 5. The summed E-state index contributed by atoms with van der Waals surface area (Å²) in [5.41, 5.74) is 7.42. The number of β-lactam (4-membered cyclic amide) rings is 1. The first-order valence-corrected chi connectivity index (χ1v) is 8.77. The van der Waals surface area contributed by atoms with Crippen LogP contribution in [0.3, 0.4) is 0 Å². The quantitative estimate of drug-likeness (QED) is 0.785. The van der Waals surface area contributed by atoms with Crippen molar-refractivity contribution in [3.05, 3.63) is 59.8 Å². The Morgan fingerprint density at radius 3 is 2.39 bits per heavy atom. The maximum atomic E-state index is 12.2. The molecule has 0 radical (unpaired) electrons. The highest BCUT2D eigenvalue weighted by Crippen LogP contribution is 2.25. The monoisotopic (exact) mass is 384 g/mol. The Kier molecular flexibility index (Phi) is 6.70. The van der Waals surface area contributed by atoms with Gasteiger partial charge < -0.3 is 15.7 Å². The predicted octanol–water partition coefficient (Wildman–Crippen LogP) is 2.46. The van der Waals surface area contributed by atoms with Gasteiger partial charge in [0, 0.05) is 13.2 Å². The molecule has 1 saturated heterocycles. The van der Waals surface area contributed by atoms with Gasteiger partial charge in [-0.3, -0.25) is 4.79 Å². The molecule has 148 valence electrons. The number of aliphatic carboxylic acids is 1. The second kappa shape index (κ2) is 8.98. The fourth-order valence-electron chi connectivity index (χ4n) is 2.70. The van der Waals surface area contributed by atoms with Crippen molar-refractivity contribution in [2.45, 2.75) is 32.4 Å². The lowest BCUT2D eigenvalue weighted by atomic mass is 10.0. The molecule has 3 N–H and O–H groups in total. The number of carbonyl (C=O) groups excluding carboxylic acids is 2.